The molecule has 0 spiro atoms. The summed E-state index contributed by atoms with van der Waals surface area (Å²) >= 11 is 0. The SMILES string of the molecule is Cc1cc(=O)nc(NC(=O)NCCC(=O)CNC(=O)Nc2nc(=O)cc(C)[nH]2)[nH]1. The molecule has 13 nitrogen and oxygen atoms in total. The molecule has 0 radical (unpaired) electrons. The Balaban J connectivity index is 1.68. The lowest BCUT2D eigenvalue weighted by Gasteiger charge is -2.08. The number of carbonyl (C=O) groups excluding carboxylic acids is 3. The van der Waals surface area contributed by atoms with E-state index in [-0.39, 0.29) is 37.2 Å². The van der Waals surface area contributed by atoms with E-state index in [2.05, 4.69) is 41.2 Å². The number of aryl methyl sites for hydroxylation is 2. The largest absolute Gasteiger partial charge is 0.337 e. The zero-order valence-electron chi connectivity index (χ0n) is 15.7. The van der Waals surface area contributed by atoms with E-state index in [9.17, 15) is 24.0 Å². The van der Waals surface area contributed by atoms with Gasteiger partial charge in [-0.1, -0.05) is 0 Å². The number of anilines is 2. The third-order valence-electron chi connectivity index (χ3n) is 3.35. The standard InChI is InChI=1S/C16H20N8O5/c1-8-5-11(26)21-13(19-8)23-15(28)17-4-3-10(25)7-18-16(29)24-14-20-9(2)6-12(27)22-14/h5-6H,3-4,7H2,1-2H3,(H3,17,19,21,23,26,28)(H3,18,20,22,24,27,29). The molecule has 0 aliphatic rings. The normalized spacial score (nSPS) is 10.1. The van der Waals surface area contributed by atoms with Crippen molar-refractivity contribution in [3.05, 3.63) is 44.2 Å². The fraction of sp³-hybridized carbons (Fsp3) is 0.312. The highest BCUT2D eigenvalue weighted by Gasteiger charge is 2.09. The van der Waals surface area contributed by atoms with Crippen LogP contribution in [0.1, 0.15) is 17.8 Å². The van der Waals surface area contributed by atoms with Crippen molar-refractivity contribution in [3.8, 4) is 0 Å². The molecule has 0 aliphatic heterocycles. The maximum atomic E-state index is 11.8. The first kappa shape index (κ1) is 21.3. The molecule has 2 rings (SSSR count). The quantitative estimate of drug-likeness (QED) is 0.354. The van der Waals surface area contributed by atoms with Crippen LogP contribution in [0.2, 0.25) is 0 Å². The van der Waals surface area contributed by atoms with Gasteiger partial charge in [0.15, 0.2) is 5.78 Å². The van der Waals surface area contributed by atoms with Gasteiger partial charge in [-0.25, -0.2) is 9.59 Å². The summed E-state index contributed by atoms with van der Waals surface area (Å²) in [4.78, 5) is 70.3. The molecule has 6 N–H and O–H groups in total. The predicted octanol–water partition coefficient (Wildman–Crippen LogP) is -0.628. The molecule has 0 aromatic carbocycles. The number of aromatic amines is 2. The molecule has 154 valence electrons. The summed E-state index contributed by atoms with van der Waals surface area (Å²) in [5.74, 6) is -0.394. The number of urea groups is 2. The molecule has 0 saturated heterocycles. The minimum absolute atomic E-state index is 0.0107. The molecule has 0 bridgehead atoms. The minimum atomic E-state index is -0.715. The zero-order chi connectivity index (χ0) is 21.4. The number of nitrogens with one attached hydrogen (secondary N) is 6. The molecule has 2 aromatic rings. The van der Waals surface area contributed by atoms with E-state index in [4.69, 9.17) is 0 Å². The number of hydrogen-bond donors (Lipinski definition) is 6. The second-order valence-electron chi connectivity index (χ2n) is 5.98. The highest BCUT2D eigenvalue weighted by atomic mass is 16.2. The molecule has 2 heterocycles. The van der Waals surface area contributed by atoms with Crippen LogP contribution in [0.3, 0.4) is 0 Å². The van der Waals surface area contributed by atoms with E-state index in [1.807, 2.05) is 0 Å². The van der Waals surface area contributed by atoms with Crippen LogP contribution in [0.5, 0.6) is 0 Å². The average Bonchev–Trinajstić information content (AvgIpc) is 2.58. The Morgan fingerprint density at radius 2 is 1.34 bits per heavy atom. The lowest BCUT2D eigenvalue weighted by molar-refractivity contribution is -0.117. The molecular weight excluding hydrogens is 384 g/mol. The van der Waals surface area contributed by atoms with Gasteiger partial charge in [0.25, 0.3) is 11.1 Å². The van der Waals surface area contributed by atoms with Gasteiger partial charge in [0.05, 0.1) is 6.54 Å². The van der Waals surface area contributed by atoms with Crippen molar-refractivity contribution in [1.29, 1.82) is 0 Å². The lowest BCUT2D eigenvalue weighted by Crippen LogP contribution is -2.36. The van der Waals surface area contributed by atoms with E-state index in [1.165, 1.54) is 12.1 Å². The zero-order valence-corrected chi connectivity index (χ0v) is 15.7. The Labute approximate surface area is 163 Å². The van der Waals surface area contributed by atoms with E-state index < -0.39 is 23.2 Å². The van der Waals surface area contributed by atoms with E-state index in [0.29, 0.717) is 11.4 Å². The van der Waals surface area contributed by atoms with E-state index >= 15 is 0 Å². The third kappa shape index (κ3) is 7.62. The Morgan fingerprint density at radius 3 is 1.83 bits per heavy atom. The van der Waals surface area contributed by atoms with Crippen molar-refractivity contribution in [3.63, 3.8) is 0 Å². The number of ketones is 1. The number of amides is 4. The predicted molar refractivity (Wildman–Crippen MR) is 103 cm³/mol. The van der Waals surface area contributed by atoms with Crippen LogP contribution in [-0.2, 0) is 4.79 Å². The van der Waals surface area contributed by atoms with E-state index in [1.54, 1.807) is 13.8 Å². The van der Waals surface area contributed by atoms with Crippen LogP contribution in [0.4, 0.5) is 21.5 Å². The van der Waals surface area contributed by atoms with E-state index in [0.717, 1.165) is 0 Å². The molecule has 13 heteroatoms. The van der Waals surface area contributed by atoms with Crippen LogP contribution in [-0.4, -0.2) is 50.9 Å². The monoisotopic (exact) mass is 404 g/mol. The Kier molecular flexibility index (Phi) is 7.17. The van der Waals surface area contributed by atoms with Gasteiger partial charge in [-0.3, -0.25) is 25.0 Å². The molecule has 0 fully saturated rings. The van der Waals surface area contributed by atoms with Gasteiger partial charge in [0.2, 0.25) is 11.9 Å². The van der Waals surface area contributed by atoms with Gasteiger partial charge >= 0.3 is 12.1 Å². The van der Waals surface area contributed by atoms with Crippen molar-refractivity contribution >= 4 is 29.7 Å². The fourth-order valence-corrected chi connectivity index (χ4v) is 2.16. The second-order valence-corrected chi connectivity index (χ2v) is 5.98. The number of rotatable bonds is 7. The Morgan fingerprint density at radius 1 is 0.862 bits per heavy atom. The molecule has 0 saturated carbocycles. The van der Waals surface area contributed by atoms with Crippen LogP contribution in [0.15, 0.2) is 21.7 Å². The summed E-state index contributed by atoms with van der Waals surface area (Å²) < 4.78 is 0. The minimum Gasteiger partial charge on any atom is -0.337 e. The van der Waals surface area contributed by atoms with Gasteiger partial charge in [0, 0.05) is 36.5 Å². The maximum Gasteiger partial charge on any atom is 0.321 e. The van der Waals surface area contributed by atoms with Crippen molar-refractivity contribution < 1.29 is 14.4 Å². The number of H-pyrrole nitrogens is 2. The highest BCUT2D eigenvalue weighted by Crippen LogP contribution is 1.96. The summed E-state index contributed by atoms with van der Waals surface area (Å²) in [5, 5.41) is 9.40. The Bertz CT molecular complexity index is 1030. The average molecular weight is 404 g/mol. The number of nitrogens with zero attached hydrogens (tertiary/aromatic N) is 2. The third-order valence-corrected chi connectivity index (χ3v) is 3.35. The molecule has 4 amide bonds. The molecule has 29 heavy (non-hydrogen) atoms. The van der Waals surface area contributed by atoms with Crippen LogP contribution in [0.25, 0.3) is 0 Å². The van der Waals surface area contributed by atoms with Crippen LogP contribution < -0.4 is 32.4 Å². The number of hydrogen-bond acceptors (Lipinski definition) is 7. The first-order valence-electron chi connectivity index (χ1n) is 8.48. The molecule has 2 aromatic heterocycles. The summed E-state index contributed by atoms with van der Waals surface area (Å²) in [7, 11) is 0. The van der Waals surface area contributed by atoms with Gasteiger partial charge in [0.1, 0.15) is 0 Å². The molecule has 0 atom stereocenters. The van der Waals surface area contributed by atoms with Gasteiger partial charge in [-0.15, -0.1) is 0 Å². The van der Waals surface area contributed by atoms with Crippen molar-refractivity contribution in [2.24, 2.45) is 0 Å². The van der Waals surface area contributed by atoms with Gasteiger partial charge in [-0.2, -0.15) is 9.97 Å². The second kappa shape index (κ2) is 9.77. The first-order valence-corrected chi connectivity index (χ1v) is 8.48. The van der Waals surface area contributed by atoms with Gasteiger partial charge in [-0.05, 0) is 13.8 Å². The molecule has 0 aliphatic carbocycles. The van der Waals surface area contributed by atoms with Crippen LogP contribution in [0, 0.1) is 13.8 Å². The number of Topliss-reactive ketones (excluding diaryl/α,β-unsaturated/α-hetero) is 1. The smallest absolute Gasteiger partial charge is 0.321 e. The fourth-order valence-electron chi connectivity index (χ4n) is 2.16. The number of aromatic nitrogens is 4. The Hall–Kier alpha value is -4.03. The highest BCUT2D eigenvalue weighted by molar-refractivity contribution is 5.92. The van der Waals surface area contributed by atoms with Crippen molar-refractivity contribution in [1.82, 2.24) is 30.6 Å². The van der Waals surface area contributed by atoms with Gasteiger partial charge < -0.3 is 20.6 Å². The summed E-state index contributed by atoms with van der Waals surface area (Å²) in [6.07, 6.45) is -0.0367. The maximum absolute atomic E-state index is 11.8. The van der Waals surface area contributed by atoms with Crippen molar-refractivity contribution in [2.45, 2.75) is 20.3 Å². The topological polar surface area (TPSA) is 191 Å². The van der Waals surface area contributed by atoms with Crippen molar-refractivity contribution in [2.75, 3.05) is 23.7 Å². The summed E-state index contributed by atoms with van der Waals surface area (Å²) in [5.41, 5.74) is 0.0402. The molecule has 0 unspecified atom stereocenters. The lowest BCUT2D eigenvalue weighted by atomic mass is 10.3. The van der Waals surface area contributed by atoms with Crippen LogP contribution >= 0.6 is 0 Å². The number of carbonyl (C=O) groups is 3. The molecular formula is C16H20N8O5. The summed E-state index contributed by atoms with van der Waals surface area (Å²) in [6, 6.07) is 1.18. The summed E-state index contributed by atoms with van der Waals surface area (Å²) in [6.45, 7) is 3.00. The first-order chi connectivity index (χ1) is 13.7.